The normalized spacial score (nSPS) is 15.7. The molecule has 2 aliphatic heterocycles. The predicted octanol–water partition coefficient (Wildman–Crippen LogP) is 3.73. The lowest BCUT2D eigenvalue weighted by molar-refractivity contribution is -0.126. The number of aliphatic imine (C=N–C) groups is 2. The van der Waals surface area contributed by atoms with Gasteiger partial charge in [-0.05, 0) is 42.0 Å². The monoisotopic (exact) mass is 527 g/mol. The molecule has 192 valence electrons. The Kier molecular flexibility index (Phi) is 7.50. The van der Waals surface area contributed by atoms with Gasteiger partial charge in [-0.15, -0.1) is 0 Å². The minimum absolute atomic E-state index is 0.0535. The van der Waals surface area contributed by atoms with E-state index in [1.54, 1.807) is 36.3 Å². The molecule has 2 aliphatic rings. The molecule has 0 bridgehead atoms. The zero-order valence-electron chi connectivity index (χ0n) is 20.6. The van der Waals surface area contributed by atoms with Crippen molar-refractivity contribution in [2.24, 2.45) is 9.98 Å². The molecule has 0 saturated carbocycles. The molecule has 3 aromatic rings. The van der Waals surface area contributed by atoms with Crippen molar-refractivity contribution in [3.63, 3.8) is 0 Å². The Morgan fingerprint density at radius 3 is 2.45 bits per heavy atom. The molecule has 10 heteroatoms. The highest BCUT2D eigenvalue weighted by molar-refractivity contribution is 8.14. The molecular formula is C28H25N5O4S. The van der Waals surface area contributed by atoms with Gasteiger partial charge in [0.15, 0.2) is 5.17 Å². The van der Waals surface area contributed by atoms with Gasteiger partial charge < -0.3 is 15.4 Å². The Bertz CT molecular complexity index is 1420. The number of amidine groups is 2. The Balaban J connectivity index is 1.30. The van der Waals surface area contributed by atoms with Crippen LogP contribution in [0, 0.1) is 0 Å². The Morgan fingerprint density at radius 2 is 1.68 bits per heavy atom. The quantitative estimate of drug-likeness (QED) is 0.462. The number of rotatable bonds is 8. The molecule has 0 spiro atoms. The van der Waals surface area contributed by atoms with E-state index in [1.165, 1.54) is 11.8 Å². The molecule has 0 fully saturated rings. The molecule has 0 aliphatic carbocycles. The number of carbonyl (C=O) groups excluding carboxylic acids is 3. The number of nitrogens with zero attached hydrogens (tertiary/aromatic N) is 3. The Morgan fingerprint density at radius 1 is 0.947 bits per heavy atom. The van der Waals surface area contributed by atoms with E-state index >= 15 is 0 Å². The van der Waals surface area contributed by atoms with Crippen LogP contribution in [0.2, 0.25) is 0 Å². The van der Waals surface area contributed by atoms with E-state index in [9.17, 15) is 14.4 Å². The lowest BCUT2D eigenvalue weighted by Gasteiger charge is -2.30. The summed E-state index contributed by atoms with van der Waals surface area (Å²) in [4.78, 5) is 49.1. The summed E-state index contributed by atoms with van der Waals surface area (Å²) in [5, 5.41) is 6.16. The van der Waals surface area contributed by atoms with Crippen LogP contribution in [0.4, 0.5) is 11.4 Å². The molecule has 9 nitrogen and oxygen atoms in total. The highest BCUT2D eigenvalue weighted by atomic mass is 32.2. The Hall–Kier alpha value is -4.44. The fourth-order valence-corrected chi connectivity index (χ4v) is 5.00. The molecular weight excluding hydrogens is 502 g/mol. The molecule has 1 unspecified atom stereocenters. The summed E-state index contributed by atoms with van der Waals surface area (Å²) >= 11 is 1.19. The average molecular weight is 528 g/mol. The van der Waals surface area contributed by atoms with Crippen LogP contribution >= 0.6 is 11.8 Å². The number of thioether (sulfide) groups is 1. The van der Waals surface area contributed by atoms with Crippen molar-refractivity contribution < 1.29 is 19.1 Å². The molecule has 38 heavy (non-hydrogen) atoms. The number of nitrogens with one attached hydrogen (secondary N) is 2. The first-order valence-corrected chi connectivity index (χ1v) is 13.0. The van der Waals surface area contributed by atoms with E-state index in [-0.39, 0.29) is 24.0 Å². The SMILES string of the molecule is COc1ccc(NC(=O)CSC2=Nc3ccccc3C3=NC(=O)C(CC(=O)NCc4ccccc4)N23)cc1. The number of benzene rings is 3. The second kappa shape index (κ2) is 11.3. The summed E-state index contributed by atoms with van der Waals surface area (Å²) in [7, 11) is 1.58. The first kappa shape index (κ1) is 25.2. The lowest BCUT2D eigenvalue weighted by Crippen LogP contribution is -2.46. The molecule has 1 atom stereocenters. The molecule has 2 heterocycles. The first-order valence-electron chi connectivity index (χ1n) is 12.0. The van der Waals surface area contributed by atoms with Gasteiger partial charge in [-0.2, -0.15) is 4.99 Å². The number of anilines is 1. The summed E-state index contributed by atoms with van der Waals surface area (Å²) in [6.45, 7) is 0.359. The summed E-state index contributed by atoms with van der Waals surface area (Å²) in [5.74, 6) is 0.267. The first-order chi connectivity index (χ1) is 18.5. The van der Waals surface area contributed by atoms with Crippen LogP contribution in [0.1, 0.15) is 17.5 Å². The second-order valence-corrected chi connectivity index (χ2v) is 9.55. The second-order valence-electron chi connectivity index (χ2n) is 8.60. The number of ether oxygens (including phenoxy) is 1. The molecule has 3 aromatic carbocycles. The van der Waals surface area contributed by atoms with Crippen molar-refractivity contribution >= 4 is 51.9 Å². The van der Waals surface area contributed by atoms with Crippen molar-refractivity contribution in [1.82, 2.24) is 10.2 Å². The van der Waals surface area contributed by atoms with Gasteiger partial charge in [-0.25, -0.2) is 4.99 Å². The van der Waals surface area contributed by atoms with Gasteiger partial charge in [0.2, 0.25) is 11.8 Å². The smallest absolute Gasteiger partial charge is 0.271 e. The van der Waals surface area contributed by atoms with Gasteiger partial charge in [-0.1, -0.05) is 54.2 Å². The highest BCUT2D eigenvalue weighted by Gasteiger charge is 2.42. The molecule has 0 saturated heterocycles. The molecule has 0 radical (unpaired) electrons. The standard InChI is InChI=1S/C28H25N5O4S/c1-37-20-13-11-19(12-14-20)30-25(35)17-38-28-31-22-10-6-5-9-21(22)26-32-27(36)23(33(26)28)15-24(34)29-16-18-7-3-2-4-8-18/h2-14,23H,15-17H2,1H3,(H,29,34)(H,30,35). The number of hydrogen-bond acceptors (Lipinski definition) is 7. The van der Waals surface area contributed by atoms with Crippen LogP contribution < -0.4 is 15.4 Å². The van der Waals surface area contributed by atoms with Gasteiger partial charge in [0.25, 0.3) is 5.91 Å². The predicted molar refractivity (Wildman–Crippen MR) is 148 cm³/mol. The number of para-hydroxylation sites is 1. The number of methoxy groups -OCH3 is 1. The van der Waals surface area contributed by atoms with E-state index < -0.39 is 11.9 Å². The van der Waals surface area contributed by atoms with Crippen LogP contribution in [0.15, 0.2) is 88.8 Å². The lowest BCUT2D eigenvalue weighted by atomic mass is 10.1. The third kappa shape index (κ3) is 5.60. The minimum atomic E-state index is -0.843. The van der Waals surface area contributed by atoms with E-state index in [4.69, 9.17) is 9.73 Å². The van der Waals surface area contributed by atoms with Crippen LogP contribution in [-0.4, -0.2) is 52.5 Å². The van der Waals surface area contributed by atoms with Gasteiger partial charge in [0, 0.05) is 17.8 Å². The number of amides is 3. The number of hydrogen-bond donors (Lipinski definition) is 2. The maximum atomic E-state index is 13.0. The third-order valence-corrected chi connectivity index (χ3v) is 6.98. The summed E-state index contributed by atoms with van der Waals surface area (Å²) in [6, 6.07) is 23.1. The molecule has 0 aromatic heterocycles. The Labute approximate surface area is 224 Å². The fourth-order valence-electron chi connectivity index (χ4n) is 4.15. The molecule has 2 N–H and O–H groups in total. The maximum absolute atomic E-state index is 13.0. The summed E-state index contributed by atoms with van der Waals surface area (Å²) in [6.07, 6.45) is -0.0849. The van der Waals surface area contributed by atoms with Crippen molar-refractivity contribution in [1.29, 1.82) is 0 Å². The largest absolute Gasteiger partial charge is 0.497 e. The zero-order valence-corrected chi connectivity index (χ0v) is 21.4. The van der Waals surface area contributed by atoms with Crippen LogP contribution in [0.25, 0.3) is 0 Å². The van der Waals surface area contributed by atoms with Gasteiger partial charge >= 0.3 is 0 Å². The highest BCUT2D eigenvalue weighted by Crippen LogP contribution is 2.35. The molecule has 5 rings (SSSR count). The van der Waals surface area contributed by atoms with E-state index in [2.05, 4.69) is 15.6 Å². The molecule has 3 amide bonds. The summed E-state index contributed by atoms with van der Waals surface area (Å²) < 4.78 is 5.15. The topological polar surface area (TPSA) is 112 Å². The number of fused-ring (bicyclic) bond motifs is 3. The van der Waals surface area contributed by atoms with Gasteiger partial charge in [0.05, 0.1) is 25.0 Å². The van der Waals surface area contributed by atoms with Crippen molar-refractivity contribution in [2.45, 2.75) is 19.0 Å². The van der Waals surface area contributed by atoms with Crippen molar-refractivity contribution in [2.75, 3.05) is 18.2 Å². The van der Waals surface area contributed by atoms with E-state index in [0.29, 0.717) is 40.2 Å². The average Bonchev–Trinajstić information content (AvgIpc) is 3.27. The minimum Gasteiger partial charge on any atom is -0.497 e. The van der Waals surface area contributed by atoms with Crippen molar-refractivity contribution in [3.8, 4) is 5.75 Å². The van der Waals surface area contributed by atoms with Gasteiger partial charge in [-0.3, -0.25) is 19.3 Å². The van der Waals surface area contributed by atoms with Gasteiger partial charge in [0.1, 0.15) is 17.6 Å². The maximum Gasteiger partial charge on any atom is 0.271 e. The zero-order chi connectivity index (χ0) is 26.5. The van der Waals surface area contributed by atoms with Crippen molar-refractivity contribution in [3.05, 3.63) is 90.0 Å². The van der Waals surface area contributed by atoms with Crippen LogP contribution in [0.5, 0.6) is 5.75 Å². The van der Waals surface area contributed by atoms with E-state index in [0.717, 1.165) is 5.56 Å². The summed E-state index contributed by atoms with van der Waals surface area (Å²) in [5.41, 5.74) is 2.96. The van der Waals surface area contributed by atoms with Crippen LogP contribution in [-0.2, 0) is 20.9 Å². The van der Waals surface area contributed by atoms with E-state index in [1.807, 2.05) is 54.6 Å². The number of carbonyl (C=O) groups is 3. The third-order valence-electron chi connectivity index (χ3n) is 6.03. The van der Waals surface area contributed by atoms with Crippen LogP contribution in [0.3, 0.4) is 0 Å². The fraction of sp³-hybridized carbons (Fsp3) is 0.179.